The van der Waals surface area contributed by atoms with Gasteiger partial charge in [0, 0.05) is 5.56 Å². The van der Waals surface area contributed by atoms with Crippen molar-refractivity contribution in [3.8, 4) is 17.1 Å². The molecule has 0 radical (unpaired) electrons. The first-order valence-corrected chi connectivity index (χ1v) is 9.85. The summed E-state index contributed by atoms with van der Waals surface area (Å²) in [5.41, 5.74) is 5.79. The highest BCUT2D eigenvalue weighted by Gasteiger charge is 2.09. The Labute approximate surface area is 180 Å². The van der Waals surface area contributed by atoms with Crippen molar-refractivity contribution in [2.45, 2.75) is 20.8 Å². The third-order valence-electron chi connectivity index (χ3n) is 4.38. The minimum atomic E-state index is -0.377. The zero-order valence-corrected chi connectivity index (χ0v) is 17.7. The first-order chi connectivity index (χ1) is 15.0. The van der Waals surface area contributed by atoms with Crippen LogP contribution in [0.3, 0.4) is 0 Å². The number of ether oxygens (including phenoxy) is 2. The van der Waals surface area contributed by atoms with Gasteiger partial charge in [-0.05, 0) is 56.7 Å². The number of carbonyl (C=O) groups excluding carboxylic acids is 2. The fraction of sp³-hybridized carbons (Fsp3) is 0.208. The Morgan fingerprint density at radius 3 is 2.55 bits per heavy atom. The predicted octanol–water partition coefficient (Wildman–Crippen LogP) is 4.27. The van der Waals surface area contributed by atoms with E-state index in [0.717, 1.165) is 16.7 Å². The summed E-state index contributed by atoms with van der Waals surface area (Å²) in [4.78, 5) is 23.6. The minimum absolute atomic E-state index is 0.141. The molecule has 7 heteroatoms. The van der Waals surface area contributed by atoms with Gasteiger partial charge in [-0.25, -0.2) is 10.2 Å². The Hall–Kier alpha value is -3.87. The van der Waals surface area contributed by atoms with E-state index >= 15 is 0 Å². The first kappa shape index (κ1) is 21.8. The number of esters is 1. The second kappa shape index (κ2) is 10.2. The van der Waals surface area contributed by atoms with Crippen LogP contribution in [0.5, 0.6) is 5.75 Å². The summed E-state index contributed by atoms with van der Waals surface area (Å²) in [6.45, 7) is 5.87. The molecule has 1 aromatic heterocycles. The number of hydrazone groups is 1. The first-order valence-electron chi connectivity index (χ1n) is 9.85. The van der Waals surface area contributed by atoms with E-state index in [1.807, 2.05) is 32.0 Å². The minimum Gasteiger partial charge on any atom is -0.483 e. The monoisotopic (exact) mass is 420 g/mol. The number of amides is 1. The van der Waals surface area contributed by atoms with Crippen molar-refractivity contribution in [2.24, 2.45) is 5.10 Å². The largest absolute Gasteiger partial charge is 0.483 e. The van der Waals surface area contributed by atoms with Gasteiger partial charge in [0.2, 0.25) is 0 Å². The van der Waals surface area contributed by atoms with Crippen molar-refractivity contribution in [3.05, 3.63) is 77.0 Å². The summed E-state index contributed by atoms with van der Waals surface area (Å²) in [5.74, 6) is 1.01. The molecule has 0 aliphatic carbocycles. The third-order valence-corrected chi connectivity index (χ3v) is 4.38. The maximum Gasteiger partial charge on any atom is 0.338 e. The highest BCUT2D eigenvalue weighted by Crippen LogP contribution is 2.22. The quantitative estimate of drug-likeness (QED) is 0.334. The molecule has 31 heavy (non-hydrogen) atoms. The van der Waals surface area contributed by atoms with Crippen molar-refractivity contribution < 1.29 is 23.5 Å². The molecule has 0 fully saturated rings. The summed E-state index contributed by atoms with van der Waals surface area (Å²) >= 11 is 0. The number of furan rings is 1. The van der Waals surface area contributed by atoms with Gasteiger partial charge in [0.25, 0.3) is 5.91 Å². The maximum atomic E-state index is 11.9. The molecule has 0 spiro atoms. The van der Waals surface area contributed by atoms with Gasteiger partial charge in [-0.1, -0.05) is 29.8 Å². The standard InChI is InChI=1S/C24H24N2O5/c1-4-29-24(28)19-8-6-18(7-9-19)22-12-10-20(31-22)14-25-26-23(27)15-30-21-11-5-16(2)13-17(21)3/h5-14H,4,15H2,1-3H3,(H,26,27)/b25-14+. The van der Waals surface area contributed by atoms with Crippen LogP contribution in [0.2, 0.25) is 0 Å². The molecule has 0 saturated carbocycles. The molecule has 0 bridgehead atoms. The molecule has 2 aromatic carbocycles. The van der Waals surface area contributed by atoms with Gasteiger partial charge in [-0.2, -0.15) is 5.10 Å². The van der Waals surface area contributed by atoms with E-state index in [1.165, 1.54) is 6.21 Å². The number of hydrogen-bond acceptors (Lipinski definition) is 6. The summed E-state index contributed by atoms with van der Waals surface area (Å²) in [5, 5.41) is 3.90. The van der Waals surface area contributed by atoms with E-state index in [-0.39, 0.29) is 18.5 Å². The second-order valence-electron chi connectivity index (χ2n) is 6.85. The van der Waals surface area contributed by atoms with Crippen molar-refractivity contribution in [1.82, 2.24) is 5.43 Å². The van der Waals surface area contributed by atoms with E-state index < -0.39 is 0 Å². The molecule has 160 valence electrons. The van der Waals surface area contributed by atoms with Crippen molar-refractivity contribution >= 4 is 18.1 Å². The van der Waals surface area contributed by atoms with Crippen LogP contribution < -0.4 is 10.2 Å². The van der Waals surface area contributed by atoms with Crippen LogP contribution in [-0.4, -0.2) is 31.3 Å². The molecule has 0 saturated heterocycles. The fourth-order valence-electron chi connectivity index (χ4n) is 2.87. The molecule has 1 N–H and O–H groups in total. The molecule has 3 aromatic rings. The predicted molar refractivity (Wildman–Crippen MR) is 117 cm³/mol. The number of nitrogens with one attached hydrogen (secondary N) is 1. The fourth-order valence-corrected chi connectivity index (χ4v) is 2.87. The highest BCUT2D eigenvalue weighted by molar-refractivity contribution is 5.90. The molecule has 0 aliphatic heterocycles. The highest BCUT2D eigenvalue weighted by atomic mass is 16.5. The van der Waals surface area contributed by atoms with Gasteiger partial charge < -0.3 is 13.9 Å². The van der Waals surface area contributed by atoms with Gasteiger partial charge in [-0.15, -0.1) is 0 Å². The lowest BCUT2D eigenvalue weighted by atomic mass is 10.1. The van der Waals surface area contributed by atoms with Crippen LogP contribution >= 0.6 is 0 Å². The van der Waals surface area contributed by atoms with Crippen molar-refractivity contribution in [2.75, 3.05) is 13.2 Å². The van der Waals surface area contributed by atoms with Crippen LogP contribution in [-0.2, 0) is 9.53 Å². The van der Waals surface area contributed by atoms with Crippen LogP contribution in [0.4, 0.5) is 0 Å². The van der Waals surface area contributed by atoms with Crippen LogP contribution in [0.15, 0.2) is 64.1 Å². The zero-order chi connectivity index (χ0) is 22.2. The average Bonchev–Trinajstić information content (AvgIpc) is 3.22. The van der Waals surface area contributed by atoms with Gasteiger partial charge in [-0.3, -0.25) is 4.79 Å². The van der Waals surface area contributed by atoms with Crippen molar-refractivity contribution in [1.29, 1.82) is 0 Å². The lowest BCUT2D eigenvalue weighted by Crippen LogP contribution is -2.24. The Morgan fingerprint density at radius 1 is 1.06 bits per heavy atom. The van der Waals surface area contributed by atoms with Gasteiger partial charge in [0.15, 0.2) is 6.61 Å². The number of carbonyl (C=O) groups is 2. The van der Waals surface area contributed by atoms with Crippen LogP contribution in [0.1, 0.15) is 34.2 Å². The summed E-state index contributed by atoms with van der Waals surface area (Å²) in [6, 6.07) is 16.2. The number of aryl methyl sites for hydroxylation is 2. The van der Waals surface area contributed by atoms with Gasteiger partial charge in [0.1, 0.15) is 17.3 Å². The molecule has 0 unspecified atom stereocenters. The lowest BCUT2D eigenvalue weighted by molar-refractivity contribution is -0.123. The van der Waals surface area contributed by atoms with Crippen molar-refractivity contribution in [3.63, 3.8) is 0 Å². The Bertz CT molecular complexity index is 1080. The number of nitrogens with zero attached hydrogens (tertiary/aromatic N) is 1. The topological polar surface area (TPSA) is 90.1 Å². The number of rotatable bonds is 8. The van der Waals surface area contributed by atoms with E-state index in [0.29, 0.717) is 29.4 Å². The molecule has 3 rings (SSSR count). The van der Waals surface area contributed by atoms with E-state index in [1.54, 1.807) is 43.3 Å². The van der Waals surface area contributed by atoms with Gasteiger partial charge in [0.05, 0.1) is 18.4 Å². The smallest absolute Gasteiger partial charge is 0.338 e. The Morgan fingerprint density at radius 2 is 1.84 bits per heavy atom. The van der Waals surface area contributed by atoms with Gasteiger partial charge >= 0.3 is 5.97 Å². The molecule has 0 atom stereocenters. The zero-order valence-electron chi connectivity index (χ0n) is 17.7. The van der Waals surface area contributed by atoms with Crippen LogP contribution in [0, 0.1) is 13.8 Å². The Kier molecular flexibility index (Phi) is 7.22. The van der Waals surface area contributed by atoms with E-state index in [4.69, 9.17) is 13.9 Å². The maximum absolute atomic E-state index is 11.9. The second-order valence-corrected chi connectivity index (χ2v) is 6.85. The normalized spacial score (nSPS) is 10.8. The molecular formula is C24H24N2O5. The van der Waals surface area contributed by atoms with Crippen LogP contribution in [0.25, 0.3) is 11.3 Å². The molecular weight excluding hydrogens is 396 g/mol. The third kappa shape index (κ3) is 6.05. The molecule has 1 heterocycles. The SMILES string of the molecule is CCOC(=O)c1ccc(-c2ccc(/C=N/NC(=O)COc3ccc(C)cc3C)o2)cc1. The summed E-state index contributed by atoms with van der Waals surface area (Å²) < 4.78 is 16.2. The lowest BCUT2D eigenvalue weighted by Gasteiger charge is -2.08. The number of benzene rings is 2. The molecule has 1 amide bonds. The average molecular weight is 420 g/mol. The summed E-state index contributed by atoms with van der Waals surface area (Å²) in [7, 11) is 0. The molecule has 0 aliphatic rings. The Balaban J connectivity index is 1.52. The molecule has 7 nitrogen and oxygen atoms in total. The van der Waals surface area contributed by atoms with E-state index in [2.05, 4.69) is 10.5 Å². The summed E-state index contributed by atoms with van der Waals surface area (Å²) in [6.07, 6.45) is 1.41. The van der Waals surface area contributed by atoms with E-state index in [9.17, 15) is 9.59 Å². The number of hydrogen-bond donors (Lipinski definition) is 1.